The second-order valence-electron chi connectivity index (χ2n) is 4.40. The minimum absolute atomic E-state index is 0.254. The molecule has 0 aliphatic heterocycles. The number of alkyl halides is 3. The number of ether oxygens (including phenoxy) is 1. The Morgan fingerprint density at radius 3 is 2.65 bits per heavy atom. The van der Waals surface area contributed by atoms with Crippen LogP contribution in [0, 0.1) is 0 Å². The van der Waals surface area contributed by atoms with Gasteiger partial charge in [0.1, 0.15) is 0 Å². The molecule has 5 nitrogen and oxygen atoms in total. The molecule has 0 amide bonds. The van der Waals surface area contributed by atoms with E-state index in [1.807, 2.05) is 0 Å². The van der Waals surface area contributed by atoms with E-state index in [9.17, 15) is 18.0 Å². The van der Waals surface area contributed by atoms with Gasteiger partial charge in [0.2, 0.25) is 0 Å². The first-order chi connectivity index (χ1) is 10.9. The van der Waals surface area contributed by atoms with Crippen molar-refractivity contribution in [2.75, 3.05) is 5.75 Å². The van der Waals surface area contributed by atoms with Crippen LogP contribution in [0.25, 0.3) is 11.4 Å². The smallest absolute Gasteiger partial charge is 0.425 e. The first kappa shape index (κ1) is 17.2. The maximum absolute atomic E-state index is 12.3. The van der Waals surface area contributed by atoms with E-state index in [0.29, 0.717) is 11.4 Å². The summed E-state index contributed by atoms with van der Waals surface area (Å²) in [6.45, 7) is 0.779. The number of pyridine rings is 1. The molecule has 122 valence electrons. The van der Waals surface area contributed by atoms with Gasteiger partial charge in [-0.3, -0.25) is 9.78 Å². The fourth-order valence-electron chi connectivity index (χ4n) is 1.49. The maximum Gasteiger partial charge on any atom is 0.425 e. The second kappa shape index (κ2) is 7.40. The molecule has 2 aromatic rings. The van der Waals surface area contributed by atoms with Crippen molar-refractivity contribution in [3.8, 4) is 11.4 Å². The van der Waals surface area contributed by atoms with Crippen LogP contribution in [0.15, 0.2) is 41.8 Å². The number of nitrogens with zero attached hydrogens (tertiary/aromatic N) is 3. The van der Waals surface area contributed by atoms with Crippen LogP contribution >= 0.6 is 11.8 Å². The number of hydrogen-bond acceptors (Lipinski definition) is 6. The Hall–Kier alpha value is -2.16. The van der Waals surface area contributed by atoms with Gasteiger partial charge in [-0.15, -0.1) is 0 Å². The number of thioether (sulfide) groups is 1. The monoisotopic (exact) mass is 343 g/mol. The number of halogens is 3. The van der Waals surface area contributed by atoms with E-state index in [2.05, 4.69) is 19.7 Å². The molecule has 2 heterocycles. The fraction of sp³-hybridized carbons (Fsp3) is 0.286. The Morgan fingerprint density at radius 1 is 1.22 bits per heavy atom. The Labute approximate surface area is 134 Å². The minimum atomic E-state index is -4.57. The van der Waals surface area contributed by atoms with Crippen molar-refractivity contribution in [1.29, 1.82) is 0 Å². The van der Waals surface area contributed by atoms with Crippen molar-refractivity contribution >= 4 is 17.7 Å². The average Bonchev–Trinajstić information content (AvgIpc) is 2.53. The highest BCUT2D eigenvalue weighted by Crippen LogP contribution is 2.23. The van der Waals surface area contributed by atoms with Gasteiger partial charge in [-0.1, -0.05) is 17.8 Å². The van der Waals surface area contributed by atoms with Crippen LogP contribution < -0.4 is 0 Å². The molecule has 2 aromatic heterocycles. The molecular formula is C14H12F3N3O2S. The number of carbonyl (C=O) groups excluding carboxylic acids is 1. The molecule has 0 N–H and O–H groups in total. The largest absolute Gasteiger partial charge is 0.452 e. The highest BCUT2D eigenvalue weighted by atomic mass is 32.2. The van der Waals surface area contributed by atoms with Gasteiger partial charge < -0.3 is 4.74 Å². The summed E-state index contributed by atoms with van der Waals surface area (Å²) in [5.74, 6) is -1.29. The molecule has 1 unspecified atom stereocenters. The molecule has 1 atom stereocenters. The van der Waals surface area contributed by atoms with Gasteiger partial charge >= 0.3 is 12.1 Å². The summed E-state index contributed by atoms with van der Waals surface area (Å²) in [5, 5.41) is 0.254. The van der Waals surface area contributed by atoms with Crippen molar-refractivity contribution in [2.24, 2.45) is 0 Å². The summed E-state index contributed by atoms with van der Waals surface area (Å²) in [6, 6.07) is 6.97. The lowest BCUT2D eigenvalue weighted by Crippen LogP contribution is -2.31. The Morgan fingerprint density at radius 2 is 2.00 bits per heavy atom. The summed E-state index contributed by atoms with van der Waals surface area (Å²) >= 11 is 0.898. The van der Waals surface area contributed by atoms with E-state index in [1.165, 1.54) is 6.20 Å². The van der Waals surface area contributed by atoms with Crippen LogP contribution in [0.4, 0.5) is 13.2 Å². The number of hydrogen-bond donors (Lipinski definition) is 0. The third-order valence-electron chi connectivity index (χ3n) is 2.65. The zero-order valence-electron chi connectivity index (χ0n) is 11.9. The van der Waals surface area contributed by atoms with Gasteiger partial charge in [-0.25, -0.2) is 9.97 Å². The SMILES string of the molecule is CC(OC(=O)CSc1nccc(-c2ccccn2)n1)C(F)(F)F. The Bertz CT molecular complexity index is 668. The summed E-state index contributed by atoms with van der Waals surface area (Å²) < 4.78 is 41.2. The zero-order chi connectivity index (χ0) is 16.9. The molecule has 0 saturated heterocycles. The van der Waals surface area contributed by atoms with Gasteiger partial charge in [-0.05, 0) is 25.1 Å². The molecular weight excluding hydrogens is 331 g/mol. The third-order valence-corrected chi connectivity index (χ3v) is 3.48. The van der Waals surface area contributed by atoms with Crippen LogP contribution in [0.5, 0.6) is 0 Å². The number of rotatable bonds is 5. The van der Waals surface area contributed by atoms with E-state index in [4.69, 9.17) is 0 Å². The van der Waals surface area contributed by atoms with Crippen LogP contribution in [0.1, 0.15) is 6.92 Å². The second-order valence-corrected chi connectivity index (χ2v) is 5.34. The minimum Gasteiger partial charge on any atom is -0.452 e. The summed E-state index contributed by atoms with van der Waals surface area (Å²) in [6.07, 6.45) is -3.62. The molecule has 0 fully saturated rings. The lowest BCUT2D eigenvalue weighted by atomic mass is 10.3. The lowest BCUT2D eigenvalue weighted by molar-refractivity contribution is -0.214. The number of esters is 1. The van der Waals surface area contributed by atoms with E-state index in [-0.39, 0.29) is 10.9 Å². The van der Waals surface area contributed by atoms with Crippen molar-refractivity contribution in [1.82, 2.24) is 15.0 Å². The first-order valence-corrected chi connectivity index (χ1v) is 7.48. The molecule has 23 heavy (non-hydrogen) atoms. The fourth-order valence-corrected chi connectivity index (χ4v) is 2.10. The molecule has 0 aliphatic carbocycles. The van der Waals surface area contributed by atoms with Gasteiger partial charge in [0.05, 0.1) is 17.1 Å². The molecule has 9 heteroatoms. The van der Waals surface area contributed by atoms with Crippen LogP contribution in [0.2, 0.25) is 0 Å². The summed E-state index contributed by atoms with van der Waals surface area (Å²) in [4.78, 5) is 23.7. The average molecular weight is 343 g/mol. The van der Waals surface area contributed by atoms with Gasteiger partial charge in [0.15, 0.2) is 11.3 Å². The van der Waals surface area contributed by atoms with Crippen molar-refractivity contribution in [3.63, 3.8) is 0 Å². The normalized spacial score (nSPS) is 12.7. The maximum atomic E-state index is 12.3. The van der Waals surface area contributed by atoms with Gasteiger partial charge in [-0.2, -0.15) is 13.2 Å². The van der Waals surface area contributed by atoms with Crippen molar-refractivity contribution in [2.45, 2.75) is 24.4 Å². The molecule has 0 spiro atoms. The van der Waals surface area contributed by atoms with E-state index >= 15 is 0 Å². The summed E-state index contributed by atoms with van der Waals surface area (Å²) in [5.41, 5.74) is 1.19. The van der Waals surface area contributed by atoms with E-state index in [0.717, 1.165) is 18.7 Å². The standard InChI is InChI=1S/C14H12F3N3O2S/c1-9(14(15,16)17)22-12(21)8-23-13-19-7-5-11(20-13)10-4-2-3-6-18-10/h2-7,9H,8H2,1H3. The predicted molar refractivity (Wildman–Crippen MR) is 77.6 cm³/mol. The highest BCUT2D eigenvalue weighted by molar-refractivity contribution is 7.99. The summed E-state index contributed by atoms with van der Waals surface area (Å²) in [7, 11) is 0. The van der Waals surface area contributed by atoms with Crippen molar-refractivity contribution < 1.29 is 22.7 Å². The molecule has 0 radical (unpaired) electrons. The molecule has 0 aliphatic rings. The Balaban J connectivity index is 1.95. The topological polar surface area (TPSA) is 65.0 Å². The number of carbonyl (C=O) groups is 1. The van der Waals surface area contributed by atoms with E-state index in [1.54, 1.807) is 30.5 Å². The number of aromatic nitrogens is 3. The lowest BCUT2D eigenvalue weighted by Gasteiger charge is -2.15. The zero-order valence-corrected chi connectivity index (χ0v) is 12.8. The van der Waals surface area contributed by atoms with Crippen LogP contribution in [0.3, 0.4) is 0 Å². The molecule has 2 rings (SSSR count). The quantitative estimate of drug-likeness (QED) is 0.472. The van der Waals surface area contributed by atoms with Crippen LogP contribution in [-0.4, -0.2) is 39.0 Å². The predicted octanol–water partition coefficient (Wildman–Crippen LogP) is 3.12. The van der Waals surface area contributed by atoms with E-state index < -0.39 is 18.2 Å². The molecule has 0 bridgehead atoms. The van der Waals surface area contributed by atoms with Crippen LogP contribution in [-0.2, 0) is 9.53 Å². The van der Waals surface area contributed by atoms with Crippen molar-refractivity contribution in [3.05, 3.63) is 36.7 Å². The highest BCUT2D eigenvalue weighted by Gasteiger charge is 2.39. The van der Waals surface area contributed by atoms with Gasteiger partial charge in [0.25, 0.3) is 0 Å². The first-order valence-electron chi connectivity index (χ1n) is 6.49. The molecule has 0 saturated carbocycles. The third kappa shape index (κ3) is 5.20. The molecule has 0 aromatic carbocycles. The van der Waals surface area contributed by atoms with Gasteiger partial charge in [0, 0.05) is 12.4 Å². The Kier molecular flexibility index (Phi) is 5.54.